The van der Waals surface area contributed by atoms with E-state index in [0.717, 1.165) is 0 Å². The van der Waals surface area contributed by atoms with Crippen LogP contribution in [0.1, 0.15) is 37.8 Å². The van der Waals surface area contributed by atoms with Crippen LogP contribution in [-0.4, -0.2) is 96.6 Å². The molecule has 3 aliphatic heterocycles. The molecule has 3 aliphatic rings. The third-order valence-electron chi connectivity index (χ3n) is 8.05. The number of hydrogen-bond donors (Lipinski definition) is 6. The van der Waals surface area contributed by atoms with Crippen molar-refractivity contribution in [1.82, 2.24) is 30.2 Å². The Morgan fingerprint density at radius 2 is 1.88 bits per heavy atom. The Hall–Kier alpha value is -3.35. The van der Waals surface area contributed by atoms with Gasteiger partial charge in [-0.1, -0.05) is 30.3 Å². The fourth-order valence-corrected chi connectivity index (χ4v) is 9.03. The summed E-state index contributed by atoms with van der Waals surface area (Å²) in [6.45, 7) is 1.86. The van der Waals surface area contributed by atoms with Crippen LogP contribution in [0.4, 0.5) is 10.6 Å². The van der Waals surface area contributed by atoms with Gasteiger partial charge in [-0.15, -0.1) is 0 Å². The molecule has 0 radical (unpaired) electrons. The van der Waals surface area contributed by atoms with Crippen molar-refractivity contribution in [3.8, 4) is 0 Å². The molecule has 0 saturated carbocycles. The Morgan fingerprint density at radius 3 is 2.62 bits per heavy atom. The summed E-state index contributed by atoms with van der Waals surface area (Å²) in [4.78, 5) is 57.2. The number of aliphatic carboxylic acids is 1. The first-order chi connectivity index (χ1) is 22.9. The number of nitrogens with zero attached hydrogens (tertiary/aromatic N) is 4. The van der Waals surface area contributed by atoms with E-state index in [4.69, 9.17) is 23.0 Å². The summed E-state index contributed by atoms with van der Waals surface area (Å²) in [5.41, 5.74) is 1.25. The molecular weight excluding hydrogens is 676 g/mol. The van der Waals surface area contributed by atoms with Crippen LogP contribution in [0.3, 0.4) is 0 Å². The number of phosphoric ester groups is 1. The molecule has 0 spiro atoms. The molecule has 0 bridgehead atoms. The fraction of sp³-hybridized carbons (Fsp3) is 0.519. The number of aromatic nitrogens is 4. The first-order valence-electron chi connectivity index (χ1n) is 15.1. The number of carboxylic acid groups (broad SMARTS) is 1. The molecule has 48 heavy (non-hydrogen) atoms. The Bertz CT molecular complexity index is 1730. The molecule has 3 fully saturated rings. The molecule has 6 N–H and O–H groups in total. The molecular formula is C27H35N7O12P2. The fourth-order valence-electron chi connectivity index (χ4n) is 5.96. The summed E-state index contributed by atoms with van der Waals surface area (Å²) >= 11 is 0. The van der Waals surface area contributed by atoms with Gasteiger partial charge in [-0.3, -0.25) is 23.8 Å². The number of ether oxygens (including phenoxy) is 3. The van der Waals surface area contributed by atoms with Crippen molar-refractivity contribution in [2.75, 3.05) is 31.2 Å². The Balaban J connectivity index is 1.18. The first kappa shape index (κ1) is 34.5. The number of fused-ring (bicyclic) bond motifs is 2. The van der Waals surface area contributed by atoms with Crippen LogP contribution in [0.25, 0.3) is 11.2 Å². The van der Waals surface area contributed by atoms with Gasteiger partial charge in [-0.2, -0.15) is 0 Å². The predicted octanol–water partition coefficient (Wildman–Crippen LogP) is 2.12. The minimum Gasteiger partial charge on any atom is -0.480 e. The molecule has 5 unspecified atom stereocenters. The van der Waals surface area contributed by atoms with Gasteiger partial charge in [0.05, 0.1) is 19.1 Å². The van der Waals surface area contributed by atoms with Gasteiger partial charge < -0.3 is 39.7 Å². The van der Waals surface area contributed by atoms with Crippen LogP contribution in [0, 0.1) is 5.92 Å². The summed E-state index contributed by atoms with van der Waals surface area (Å²) in [5, 5.41) is 17.3. The van der Waals surface area contributed by atoms with Gasteiger partial charge >= 0.3 is 27.4 Å². The number of carboxylic acids is 1. The van der Waals surface area contributed by atoms with Crippen molar-refractivity contribution in [3.05, 3.63) is 48.5 Å². The maximum atomic E-state index is 12.9. The number of carbonyl (C=O) groups is 2. The number of phosphoric acid groups is 1. The van der Waals surface area contributed by atoms with Crippen molar-refractivity contribution in [3.63, 3.8) is 0 Å². The molecule has 9 atom stereocenters. The Kier molecular flexibility index (Phi) is 10.2. The molecule has 2 amide bonds. The molecule has 1 aromatic carbocycles. The van der Waals surface area contributed by atoms with Gasteiger partial charge in [0.15, 0.2) is 29.5 Å². The third-order valence-corrected chi connectivity index (χ3v) is 11.4. The van der Waals surface area contributed by atoms with Crippen molar-refractivity contribution >= 4 is 44.4 Å². The van der Waals surface area contributed by atoms with Gasteiger partial charge in [0.1, 0.15) is 30.7 Å². The highest BCUT2D eigenvalue weighted by Gasteiger charge is 2.55. The van der Waals surface area contributed by atoms with Gasteiger partial charge in [0, 0.05) is 12.1 Å². The number of rotatable bonds is 12. The van der Waals surface area contributed by atoms with Crippen LogP contribution < -0.4 is 16.0 Å². The Labute approximate surface area is 273 Å². The van der Waals surface area contributed by atoms with Gasteiger partial charge in [-0.05, 0) is 32.2 Å². The monoisotopic (exact) mass is 711 g/mol. The van der Waals surface area contributed by atoms with E-state index in [1.54, 1.807) is 11.5 Å². The molecule has 3 saturated heterocycles. The maximum absolute atomic E-state index is 12.9. The topological polar surface area (TPSA) is 255 Å². The zero-order valence-electron chi connectivity index (χ0n) is 25.5. The van der Waals surface area contributed by atoms with Gasteiger partial charge in [0.25, 0.3) is 0 Å². The first-order valence-corrected chi connectivity index (χ1v) is 18.4. The van der Waals surface area contributed by atoms with E-state index >= 15 is 0 Å². The molecule has 21 heteroatoms. The second kappa shape index (κ2) is 14.2. The number of imidazole rings is 1. The van der Waals surface area contributed by atoms with E-state index < -0.39 is 83.0 Å². The van der Waals surface area contributed by atoms with Crippen molar-refractivity contribution < 1.29 is 56.7 Å². The average molecular weight is 712 g/mol. The third kappa shape index (κ3) is 7.76. The average Bonchev–Trinajstić information content (AvgIpc) is 3.75. The Morgan fingerprint density at radius 1 is 1.10 bits per heavy atom. The molecule has 260 valence electrons. The lowest BCUT2D eigenvalue weighted by atomic mass is 9.94. The van der Waals surface area contributed by atoms with Crippen molar-refractivity contribution in [2.24, 2.45) is 5.92 Å². The van der Waals surface area contributed by atoms with E-state index in [1.165, 1.54) is 12.7 Å². The standard InChI is InChI=1S/C27H35N7O12P2/c1-2-28-27(37)33-22-19-23(31-13-30-22)34(14-32-19)24-21-20(44-26(45-21)16-6-4-3-5-7-16)18(43-24)11-42-48(40,41)46-47(38,39)12-15-8-9-29-17(10-15)25(35)36/h3-7,13-15,17-18,20-21,24,26,29H,2,8-12H2,1H3,(H,35,36)(H,38,39)(H,40,41)(H2,28,30,31,33,37)/t15?,17?,18-,20?,21+,24-,26+/m1/s1. The van der Waals surface area contributed by atoms with Crippen molar-refractivity contribution in [2.45, 2.75) is 56.6 Å². The highest BCUT2D eigenvalue weighted by molar-refractivity contribution is 7.64. The van der Waals surface area contributed by atoms with Gasteiger partial charge in [-0.25, -0.2) is 28.6 Å². The number of nitrogens with one attached hydrogen (secondary N) is 3. The summed E-state index contributed by atoms with van der Waals surface area (Å²) in [5.74, 6) is -1.48. The second-order valence-corrected chi connectivity index (χ2v) is 14.9. The lowest BCUT2D eigenvalue weighted by molar-refractivity contribution is -0.152. The second-order valence-electron chi connectivity index (χ2n) is 11.4. The van der Waals surface area contributed by atoms with Crippen molar-refractivity contribution in [1.29, 1.82) is 0 Å². The number of carbonyl (C=O) groups excluding carboxylic acids is 1. The highest BCUT2D eigenvalue weighted by atomic mass is 31.3. The quantitative estimate of drug-likeness (QED) is 0.147. The summed E-state index contributed by atoms with van der Waals surface area (Å²) < 4.78 is 55.9. The molecule has 19 nitrogen and oxygen atoms in total. The number of urea groups is 1. The maximum Gasteiger partial charge on any atom is 0.479 e. The lowest BCUT2D eigenvalue weighted by Crippen LogP contribution is -2.44. The molecule has 3 aromatic rings. The van der Waals surface area contributed by atoms with Gasteiger partial charge in [0.2, 0.25) is 0 Å². The number of hydrogen-bond acceptors (Lipinski definition) is 13. The van der Waals surface area contributed by atoms with Crippen LogP contribution in [0.2, 0.25) is 0 Å². The zero-order valence-corrected chi connectivity index (χ0v) is 27.3. The van der Waals surface area contributed by atoms with E-state index in [-0.39, 0.29) is 23.4 Å². The molecule has 2 aromatic heterocycles. The minimum atomic E-state index is -5.13. The van der Waals surface area contributed by atoms with Crippen LogP contribution >= 0.6 is 15.4 Å². The zero-order chi connectivity index (χ0) is 34.1. The summed E-state index contributed by atoms with van der Waals surface area (Å²) in [7, 11) is -9.82. The predicted molar refractivity (Wildman–Crippen MR) is 165 cm³/mol. The number of anilines is 1. The smallest absolute Gasteiger partial charge is 0.479 e. The SMILES string of the molecule is CCNC(=O)Nc1ncnc2c1ncn2[C@@H]1O[C@H](COP(=O)(O)OP(=O)(O)CC2CCNC(C(=O)O)C2)C2O[C@H](c3ccccc3)O[C@@H]21. The van der Waals surface area contributed by atoms with E-state index in [1.807, 2.05) is 30.3 Å². The number of benzene rings is 1. The largest absolute Gasteiger partial charge is 0.480 e. The van der Waals surface area contributed by atoms with Crippen LogP contribution in [-0.2, 0) is 37.0 Å². The highest BCUT2D eigenvalue weighted by Crippen LogP contribution is 2.61. The van der Waals surface area contributed by atoms with E-state index in [9.17, 15) is 33.6 Å². The van der Waals surface area contributed by atoms with Crippen LogP contribution in [0.15, 0.2) is 43.0 Å². The lowest BCUT2D eigenvalue weighted by Gasteiger charge is -2.29. The van der Waals surface area contributed by atoms with E-state index in [2.05, 4.69) is 30.9 Å². The van der Waals surface area contributed by atoms with Crippen LogP contribution in [0.5, 0.6) is 0 Å². The number of piperidine rings is 1. The minimum absolute atomic E-state index is 0.0530. The molecule has 6 rings (SSSR count). The van der Waals surface area contributed by atoms with E-state index in [0.29, 0.717) is 25.1 Å². The molecule has 0 aliphatic carbocycles. The molecule has 5 heterocycles. The number of amides is 2. The summed E-state index contributed by atoms with van der Waals surface area (Å²) in [6, 6.07) is 7.68. The normalized spacial score (nSPS) is 29.5. The summed E-state index contributed by atoms with van der Waals surface area (Å²) in [6.07, 6.45) is -1.90.